The summed E-state index contributed by atoms with van der Waals surface area (Å²) in [6, 6.07) is 0.601. The number of piperazine rings is 1. The second-order valence-corrected chi connectivity index (χ2v) is 5.38. The second kappa shape index (κ2) is 6.38. The van der Waals surface area contributed by atoms with Crippen LogP contribution in [0, 0.1) is 0 Å². The van der Waals surface area contributed by atoms with E-state index < -0.39 is 6.09 Å². The normalized spacial score (nSPS) is 24.4. The van der Waals surface area contributed by atoms with Crippen LogP contribution in [0.5, 0.6) is 0 Å². The summed E-state index contributed by atoms with van der Waals surface area (Å²) in [5.41, 5.74) is 0. The number of rotatable bonds is 3. The molecule has 0 aromatic heterocycles. The first kappa shape index (κ1) is 13.6. The molecular weight excluding hydrogens is 230 g/mol. The van der Waals surface area contributed by atoms with Gasteiger partial charge < -0.3 is 14.9 Å². The van der Waals surface area contributed by atoms with Crippen molar-refractivity contribution in [3.05, 3.63) is 0 Å². The Morgan fingerprint density at radius 3 is 2.22 bits per heavy atom. The number of carboxylic acid groups (broad SMARTS) is 1. The summed E-state index contributed by atoms with van der Waals surface area (Å²) >= 11 is 0. The van der Waals surface area contributed by atoms with E-state index in [1.807, 2.05) is 0 Å². The van der Waals surface area contributed by atoms with Crippen molar-refractivity contribution in [3.63, 3.8) is 0 Å². The number of carbonyl (C=O) groups is 1. The molecule has 2 aliphatic heterocycles. The van der Waals surface area contributed by atoms with E-state index in [-0.39, 0.29) is 0 Å². The number of piperidine rings is 1. The van der Waals surface area contributed by atoms with Crippen LogP contribution in [0.1, 0.15) is 26.2 Å². The third-order valence-corrected chi connectivity index (χ3v) is 4.20. The minimum atomic E-state index is -0.763. The Balaban J connectivity index is 1.73. The Bertz CT molecular complexity index is 269. The first-order valence-electron chi connectivity index (χ1n) is 7.15. The summed E-state index contributed by atoms with van der Waals surface area (Å²) in [6.07, 6.45) is 2.47. The van der Waals surface area contributed by atoms with Crippen LogP contribution in [-0.2, 0) is 0 Å². The third kappa shape index (κ3) is 3.36. The van der Waals surface area contributed by atoms with E-state index in [9.17, 15) is 4.79 Å². The van der Waals surface area contributed by atoms with Crippen molar-refractivity contribution in [1.82, 2.24) is 14.7 Å². The molecule has 1 N–H and O–H groups in total. The van der Waals surface area contributed by atoms with E-state index in [2.05, 4.69) is 16.7 Å². The molecule has 0 atom stereocenters. The zero-order chi connectivity index (χ0) is 13.0. The molecule has 0 unspecified atom stereocenters. The van der Waals surface area contributed by atoms with Crippen LogP contribution in [0.4, 0.5) is 4.79 Å². The largest absolute Gasteiger partial charge is 0.465 e. The maximum Gasteiger partial charge on any atom is 0.407 e. The highest BCUT2D eigenvalue weighted by Gasteiger charge is 2.28. The summed E-state index contributed by atoms with van der Waals surface area (Å²) < 4.78 is 0. The van der Waals surface area contributed by atoms with Gasteiger partial charge in [0, 0.05) is 45.3 Å². The Morgan fingerprint density at radius 2 is 1.72 bits per heavy atom. The van der Waals surface area contributed by atoms with Crippen LogP contribution in [0.3, 0.4) is 0 Å². The lowest BCUT2D eigenvalue weighted by molar-refractivity contribution is 0.0584. The van der Waals surface area contributed by atoms with Gasteiger partial charge in [-0.1, -0.05) is 6.92 Å². The zero-order valence-electron chi connectivity index (χ0n) is 11.3. The molecule has 18 heavy (non-hydrogen) atoms. The molecule has 0 bridgehead atoms. The number of amides is 1. The molecule has 104 valence electrons. The van der Waals surface area contributed by atoms with Crippen molar-refractivity contribution >= 4 is 6.09 Å². The topological polar surface area (TPSA) is 47.0 Å². The average molecular weight is 255 g/mol. The fourth-order valence-corrected chi connectivity index (χ4v) is 3.09. The number of hydrogen-bond donors (Lipinski definition) is 1. The summed E-state index contributed by atoms with van der Waals surface area (Å²) in [5, 5.41) is 8.93. The molecule has 2 heterocycles. The van der Waals surface area contributed by atoms with Gasteiger partial charge in [-0.15, -0.1) is 0 Å². The number of hydrogen-bond acceptors (Lipinski definition) is 3. The minimum Gasteiger partial charge on any atom is -0.465 e. The van der Waals surface area contributed by atoms with Gasteiger partial charge in [-0.05, 0) is 25.8 Å². The van der Waals surface area contributed by atoms with E-state index >= 15 is 0 Å². The first-order chi connectivity index (χ1) is 8.70. The molecular formula is C13H25N3O2. The summed E-state index contributed by atoms with van der Waals surface area (Å²) in [7, 11) is 0. The molecule has 2 saturated heterocycles. The summed E-state index contributed by atoms with van der Waals surface area (Å²) in [6.45, 7) is 9.50. The van der Waals surface area contributed by atoms with Gasteiger partial charge in [0.05, 0.1) is 0 Å². The molecule has 1 amide bonds. The Labute approximate surface area is 109 Å². The monoisotopic (exact) mass is 255 g/mol. The van der Waals surface area contributed by atoms with Gasteiger partial charge >= 0.3 is 6.09 Å². The maximum atomic E-state index is 10.9. The van der Waals surface area contributed by atoms with Crippen molar-refractivity contribution in [2.45, 2.75) is 32.2 Å². The molecule has 2 fully saturated rings. The average Bonchev–Trinajstić information content (AvgIpc) is 2.40. The SMILES string of the molecule is CCCN1CCN(C2CCN(C(=O)O)CC2)CC1. The molecule has 5 heteroatoms. The Kier molecular flexibility index (Phi) is 4.83. The Hall–Kier alpha value is -0.810. The van der Waals surface area contributed by atoms with Crippen molar-refractivity contribution in [2.75, 3.05) is 45.8 Å². The van der Waals surface area contributed by atoms with E-state index in [1.165, 1.54) is 26.1 Å². The van der Waals surface area contributed by atoms with Crippen molar-refractivity contribution in [3.8, 4) is 0 Å². The van der Waals surface area contributed by atoms with Gasteiger partial charge in [0.15, 0.2) is 0 Å². The standard InChI is InChI=1S/C13H25N3O2/c1-2-5-14-8-10-15(11-9-14)12-3-6-16(7-4-12)13(17)18/h12H,2-11H2,1H3,(H,17,18). The Morgan fingerprint density at radius 1 is 1.11 bits per heavy atom. The molecule has 0 aliphatic carbocycles. The highest BCUT2D eigenvalue weighted by atomic mass is 16.4. The van der Waals surface area contributed by atoms with Crippen molar-refractivity contribution in [2.24, 2.45) is 0 Å². The molecule has 0 aromatic carbocycles. The molecule has 0 saturated carbocycles. The second-order valence-electron chi connectivity index (χ2n) is 5.38. The van der Waals surface area contributed by atoms with Crippen molar-refractivity contribution < 1.29 is 9.90 Å². The molecule has 0 spiro atoms. The molecule has 0 aromatic rings. The first-order valence-corrected chi connectivity index (χ1v) is 7.15. The molecule has 2 aliphatic rings. The van der Waals surface area contributed by atoms with Crippen LogP contribution in [-0.4, -0.2) is 77.8 Å². The number of nitrogens with zero attached hydrogens (tertiary/aromatic N) is 3. The summed E-state index contributed by atoms with van der Waals surface area (Å²) in [5.74, 6) is 0. The highest BCUT2D eigenvalue weighted by molar-refractivity contribution is 5.65. The van der Waals surface area contributed by atoms with E-state index in [4.69, 9.17) is 5.11 Å². The van der Waals surface area contributed by atoms with E-state index in [0.29, 0.717) is 19.1 Å². The number of likely N-dealkylation sites (tertiary alicyclic amines) is 1. The lowest BCUT2D eigenvalue weighted by Gasteiger charge is -2.42. The van der Waals surface area contributed by atoms with Crippen LogP contribution in [0.25, 0.3) is 0 Å². The highest BCUT2D eigenvalue weighted by Crippen LogP contribution is 2.18. The van der Waals surface area contributed by atoms with Crippen LogP contribution < -0.4 is 0 Å². The van der Waals surface area contributed by atoms with Gasteiger partial charge in [-0.2, -0.15) is 0 Å². The van der Waals surface area contributed by atoms with Gasteiger partial charge in [-0.3, -0.25) is 4.90 Å². The molecule has 2 rings (SSSR count). The van der Waals surface area contributed by atoms with Gasteiger partial charge in [0.25, 0.3) is 0 Å². The predicted molar refractivity (Wildman–Crippen MR) is 70.9 cm³/mol. The van der Waals surface area contributed by atoms with Crippen LogP contribution in [0.15, 0.2) is 0 Å². The van der Waals surface area contributed by atoms with E-state index in [1.54, 1.807) is 4.90 Å². The zero-order valence-corrected chi connectivity index (χ0v) is 11.3. The smallest absolute Gasteiger partial charge is 0.407 e. The fraction of sp³-hybridized carbons (Fsp3) is 0.923. The van der Waals surface area contributed by atoms with Crippen LogP contribution >= 0.6 is 0 Å². The van der Waals surface area contributed by atoms with Crippen molar-refractivity contribution in [1.29, 1.82) is 0 Å². The lowest BCUT2D eigenvalue weighted by Crippen LogP contribution is -2.53. The summed E-state index contributed by atoms with van der Waals surface area (Å²) in [4.78, 5) is 17.5. The molecule has 0 radical (unpaired) electrons. The van der Waals surface area contributed by atoms with E-state index in [0.717, 1.165) is 25.9 Å². The van der Waals surface area contributed by atoms with Crippen LogP contribution in [0.2, 0.25) is 0 Å². The fourth-order valence-electron chi connectivity index (χ4n) is 3.09. The molecule has 5 nitrogen and oxygen atoms in total. The minimum absolute atomic E-state index is 0.601. The quantitative estimate of drug-likeness (QED) is 0.822. The van der Waals surface area contributed by atoms with Gasteiger partial charge in [-0.25, -0.2) is 4.79 Å². The third-order valence-electron chi connectivity index (χ3n) is 4.20. The lowest BCUT2D eigenvalue weighted by atomic mass is 10.0. The van der Waals surface area contributed by atoms with Gasteiger partial charge in [0.2, 0.25) is 0 Å². The van der Waals surface area contributed by atoms with Gasteiger partial charge in [0.1, 0.15) is 0 Å². The predicted octanol–water partition coefficient (Wildman–Crippen LogP) is 1.16. The maximum absolute atomic E-state index is 10.9.